The van der Waals surface area contributed by atoms with Crippen LogP contribution in [0.1, 0.15) is 5.56 Å². The maximum absolute atomic E-state index is 11.9. The molecule has 0 saturated carbocycles. The van der Waals surface area contributed by atoms with Crippen LogP contribution in [0.3, 0.4) is 0 Å². The van der Waals surface area contributed by atoms with Gasteiger partial charge in [0.2, 0.25) is 15.9 Å². The normalized spacial score (nSPS) is 11.1. The average molecular weight is 303 g/mol. The Kier molecular flexibility index (Phi) is 5.53. The molecular formula is C12H15ClN2O3S. The summed E-state index contributed by atoms with van der Waals surface area (Å²) in [7, 11) is -3.71. The highest BCUT2D eigenvalue weighted by molar-refractivity contribution is 7.89. The lowest BCUT2D eigenvalue weighted by Gasteiger charge is -2.08. The monoisotopic (exact) mass is 302 g/mol. The van der Waals surface area contributed by atoms with E-state index in [1.807, 2.05) is 0 Å². The molecule has 0 bridgehead atoms. The minimum absolute atomic E-state index is 0.0749. The van der Waals surface area contributed by atoms with E-state index < -0.39 is 15.9 Å². The molecule has 1 rings (SSSR count). The van der Waals surface area contributed by atoms with Crippen LogP contribution >= 0.6 is 11.6 Å². The lowest BCUT2D eigenvalue weighted by atomic mass is 10.2. The van der Waals surface area contributed by atoms with Crippen LogP contribution in [0.4, 0.5) is 0 Å². The largest absolute Gasteiger partial charge is 0.352 e. The van der Waals surface area contributed by atoms with E-state index in [9.17, 15) is 13.2 Å². The van der Waals surface area contributed by atoms with Crippen LogP contribution in [-0.2, 0) is 14.8 Å². The number of hydrogen-bond donors (Lipinski definition) is 2. The summed E-state index contributed by atoms with van der Waals surface area (Å²) in [5.41, 5.74) is 0.653. The second kappa shape index (κ2) is 6.70. The first kappa shape index (κ1) is 15.7. The van der Waals surface area contributed by atoms with Gasteiger partial charge in [-0.3, -0.25) is 4.79 Å². The first-order chi connectivity index (χ1) is 8.86. The number of nitrogens with one attached hydrogen (secondary N) is 2. The average Bonchev–Trinajstić information content (AvgIpc) is 2.37. The van der Waals surface area contributed by atoms with Crippen molar-refractivity contribution in [1.82, 2.24) is 10.0 Å². The molecule has 1 aromatic carbocycles. The second-order valence-corrected chi connectivity index (χ2v) is 6.00. The molecule has 0 aliphatic carbocycles. The van der Waals surface area contributed by atoms with Gasteiger partial charge in [-0.2, -0.15) is 0 Å². The van der Waals surface area contributed by atoms with E-state index in [0.717, 1.165) is 0 Å². The molecule has 0 saturated heterocycles. The van der Waals surface area contributed by atoms with Crippen molar-refractivity contribution < 1.29 is 13.2 Å². The van der Waals surface area contributed by atoms with Gasteiger partial charge in [0.15, 0.2) is 0 Å². The van der Waals surface area contributed by atoms with Crippen LogP contribution in [0.25, 0.3) is 0 Å². The number of sulfonamides is 1. The minimum atomic E-state index is -3.71. The lowest BCUT2D eigenvalue weighted by Crippen LogP contribution is -2.36. The minimum Gasteiger partial charge on any atom is -0.352 e. The molecule has 0 spiro atoms. The molecule has 5 nitrogen and oxygen atoms in total. The summed E-state index contributed by atoms with van der Waals surface area (Å²) in [6.45, 7) is 5.12. The number of halogens is 1. The molecule has 0 aliphatic heterocycles. The van der Waals surface area contributed by atoms with Gasteiger partial charge in [-0.05, 0) is 30.7 Å². The predicted octanol–water partition coefficient (Wildman–Crippen LogP) is 1.23. The molecule has 7 heteroatoms. The number of carbonyl (C=O) groups excluding carboxylic acids is 1. The molecule has 2 N–H and O–H groups in total. The summed E-state index contributed by atoms with van der Waals surface area (Å²) in [6, 6.07) is 4.34. The van der Waals surface area contributed by atoms with Crippen LogP contribution in [0.5, 0.6) is 0 Å². The first-order valence-corrected chi connectivity index (χ1v) is 7.36. The van der Waals surface area contributed by atoms with Gasteiger partial charge in [0, 0.05) is 11.6 Å². The molecule has 0 fully saturated rings. The lowest BCUT2D eigenvalue weighted by molar-refractivity contribution is -0.119. The van der Waals surface area contributed by atoms with Crippen molar-refractivity contribution in [1.29, 1.82) is 0 Å². The molecule has 0 atom stereocenters. The van der Waals surface area contributed by atoms with Crippen molar-refractivity contribution in [3.05, 3.63) is 41.4 Å². The van der Waals surface area contributed by atoms with Gasteiger partial charge >= 0.3 is 0 Å². The zero-order valence-electron chi connectivity index (χ0n) is 10.4. The molecule has 0 aliphatic rings. The third kappa shape index (κ3) is 4.66. The Balaban J connectivity index is 2.73. The maximum atomic E-state index is 11.9. The van der Waals surface area contributed by atoms with Gasteiger partial charge in [0.05, 0.1) is 11.4 Å². The fourth-order valence-electron chi connectivity index (χ4n) is 1.28. The fourth-order valence-corrected chi connectivity index (χ4v) is 2.46. The highest BCUT2D eigenvalue weighted by Gasteiger charge is 2.15. The summed E-state index contributed by atoms with van der Waals surface area (Å²) in [6.07, 6.45) is 1.51. The van der Waals surface area contributed by atoms with Crippen molar-refractivity contribution in [3.63, 3.8) is 0 Å². The molecule has 1 aromatic rings. The van der Waals surface area contributed by atoms with Crippen LogP contribution in [0, 0.1) is 6.92 Å². The standard InChI is InChI=1S/C12H15ClN2O3S/c1-3-6-14-12(16)8-15-19(17,18)10-4-5-11(13)9(2)7-10/h3-5,7,15H,1,6,8H2,2H3,(H,14,16). The number of hydrogen-bond acceptors (Lipinski definition) is 3. The predicted molar refractivity (Wildman–Crippen MR) is 74.6 cm³/mol. The first-order valence-electron chi connectivity index (χ1n) is 5.50. The zero-order chi connectivity index (χ0) is 14.5. The highest BCUT2D eigenvalue weighted by Crippen LogP contribution is 2.19. The van der Waals surface area contributed by atoms with Gasteiger partial charge in [-0.25, -0.2) is 13.1 Å². The van der Waals surface area contributed by atoms with Crippen molar-refractivity contribution in [2.24, 2.45) is 0 Å². The van der Waals surface area contributed by atoms with Gasteiger partial charge in [0.1, 0.15) is 0 Å². The summed E-state index contributed by atoms with van der Waals surface area (Å²) >= 11 is 5.83. The highest BCUT2D eigenvalue weighted by atomic mass is 35.5. The fraction of sp³-hybridized carbons (Fsp3) is 0.250. The Morgan fingerprint density at radius 1 is 1.47 bits per heavy atom. The van der Waals surface area contributed by atoms with E-state index in [4.69, 9.17) is 11.6 Å². The topological polar surface area (TPSA) is 75.3 Å². The molecule has 1 amide bonds. The van der Waals surface area contributed by atoms with E-state index in [1.165, 1.54) is 24.3 Å². The third-order valence-electron chi connectivity index (χ3n) is 2.31. The Morgan fingerprint density at radius 3 is 2.74 bits per heavy atom. The van der Waals surface area contributed by atoms with E-state index in [2.05, 4.69) is 16.6 Å². The van der Waals surface area contributed by atoms with Gasteiger partial charge in [-0.1, -0.05) is 17.7 Å². The number of rotatable bonds is 6. The zero-order valence-corrected chi connectivity index (χ0v) is 12.0. The van der Waals surface area contributed by atoms with Crippen molar-refractivity contribution >= 4 is 27.5 Å². The number of carbonyl (C=O) groups is 1. The van der Waals surface area contributed by atoms with E-state index >= 15 is 0 Å². The van der Waals surface area contributed by atoms with Crippen molar-refractivity contribution in [2.75, 3.05) is 13.1 Å². The van der Waals surface area contributed by atoms with E-state index in [0.29, 0.717) is 17.1 Å². The van der Waals surface area contributed by atoms with Gasteiger partial charge in [0.25, 0.3) is 0 Å². The summed E-state index contributed by atoms with van der Waals surface area (Å²) in [4.78, 5) is 11.4. The summed E-state index contributed by atoms with van der Waals surface area (Å²) in [5, 5.41) is 2.96. The maximum Gasteiger partial charge on any atom is 0.241 e. The number of benzene rings is 1. The summed E-state index contributed by atoms with van der Waals surface area (Å²) in [5.74, 6) is -0.422. The molecule has 19 heavy (non-hydrogen) atoms. The van der Waals surface area contributed by atoms with E-state index in [1.54, 1.807) is 6.92 Å². The van der Waals surface area contributed by atoms with Crippen LogP contribution < -0.4 is 10.0 Å². The molecular weight excluding hydrogens is 288 g/mol. The number of amides is 1. The third-order valence-corrected chi connectivity index (χ3v) is 4.13. The Labute approximate surface area is 117 Å². The molecule has 104 valence electrons. The Bertz CT molecular complexity index is 585. The van der Waals surface area contributed by atoms with Crippen LogP contribution in [0.2, 0.25) is 5.02 Å². The smallest absolute Gasteiger partial charge is 0.241 e. The molecule has 0 aromatic heterocycles. The Hall–Kier alpha value is -1.37. The van der Waals surface area contributed by atoms with Crippen LogP contribution in [-0.4, -0.2) is 27.4 Å². The molecule has 0 unspecified atom stereocenters. The summed E-state index contributed by atoms with van der Waals surface area (Å²) < 4.78 is 26.1. The Morgan fingerprint density at radius 2 is 2.16 bits per heavy atom. The molecule has 0 radical (unpaired) electrons. The quantitative estimate of drug-likeness (QED) is 0.776. The van der Waals surface area contributed by atoms with Gasteiger partial charge < -0.3 is 5.32 Å². The van der Waals surface area contributed by atoms with Crippen molar-refractivity contribution in [2.45, 2.75) is 11.8 Å². The van der Waals surface area contributed by atoms with E-state index in [-0.39, 0.29) is 11.4 Å². The van der Waals surface area contributed by atoms with Crippen LogP contribution in [0.15, 0.2) is 35.7 Å². The van der Waals surface area contributed by atoms with Crippen molar-refractivity contribution in [3.8, 4) is 0 Å². The molecule has 0 heterocycles. The SMILES string of the molecule is C=CCNC(=O)CNS(=O)(=O)c1ccc(Cl)c(C)c1. The second-order valence-electron chi connectivity index (χ2n) is 3.83. The van der Waals surface area contributed by atoms with Gasteiger partial charge in [-0.15, -0.1) is 6.58 Å². The number of aryl methyl sites for hydroxylation is 1.